The highest BCUT2D eigenvalue weighted by molar-refractivity contribution is 7.89. The van der Waals surface area contributed by atoms with Crippen molar-refractivity contribution in [3.8, 4) is 0 Å². The van der Waals surface area contributed by atoms with Crippen molar-refractivity contribution in [3.63, 3.8) is 0 Å². The lowest BCUT2D eigenvalue weighted by Crippen LogP contribution is -2.42. The molecule has 0 amide bonds. The highest BCUT2D eigenvalue weighted by Crippen LogP contribution is 2.06. The Morgan fingerprint density at radius 3 is 2.45 bits per heavy atom. The van der Waals surface area contributed by atoms with Crippen molar-refractivity contribution in [1.29, 1.82) is 5.41 Å². The SMILES string of the molecule is Cn1c(=N)c(F)cn(S(=O)(=O)Cc2ccccc2)c1=O. The molecule has 1 N–H and O–H groups in total. The quantitative estimate of drug-likeness (QED) is 0.877. The Morgan fingerprint density at radius 2 is 1.85 bits per heavy atom. The van der Waals surface area contributed by atoms with Crippen molar-refractivity contribution >= 4 is 10.0 Å². The van der Waals surface area contributed by atoms with Crippen molar-refractivity contribution in [1.82, 2.24) is 8.54 Å². The molecular formula is C12H12FN3O3S. The lowest BCUT2D eigenvalue weighted by atomic mass is 10.2. The monoisotopic (exact) mass is 297 g/mol. The number of benzene rings is 1. The van der Waals surface area contributed by atoms with Crippen LogP contribution in [0.3, 0.4) is 0 Å². The molecule has 20 heavy (non-hydrogen) atoms. The minimum Gasteiger partial charge on any atom is -0.282 e. The fourth-order valence-electron chi connectivity index (χ4n) is 1.68. The Bertz CT molecular complexity index is 854. The largest absolute Gasteiger partial charge is 0.343 e. The number of rotatable bonds is 3. The summed E-state index contributed by atoms with van der Waals surface area (Å²) in [5.74, 6) is -1.51. The van der Waals surface area contributed by atoms with Gasteiger partial charge in [0.25, 0.3) is 0 Å². The van der Waals surface area contributed by atoms with Gasteiger partial charge in [-0.25, -0.2) is 17.6 Å². The molecule has 8 heteroatoms. The van der Waals surface area contributed by atoms with Crippen LogP contribution in [-0.2, 0) is 22.8 Å². The zero-order chi connectivity index (χ0) is 14.9. The van der Waals surface area contributed by atoms with Crippen LogP contribution in [0.2, 0.25) is 0 Å². The Hall–Kier alpha value is -2.22. The topological polar surface area (TPSA) is 84.9 Å². The molecule has 0 fully saturated rings. The fraction of sp³-hybridized carbons (Fsp3) is 0.167. The number of aromatic nitrogens is 2. The molecule has 1 aromatic carbocycles. The molecule has 0 spiro atoms. The number of hydrogen-bond donors (Lipinski definition) is 1. The summed E-state index contributed by atoms with van der Waals surface area (Å²) < 4.78 is 38.7. The standard InChI is InChI=1S/C12H12FN3O3S/c1-15-11(14)10(13)7-16(12(15)17)20(18,19)8-9-5-3-2-4-6-9/h2-7,14H,8H2,1H3. The van der Waals surface area contributed by atoms with E-state index in [1.807, 2.05) is 0 Å². The van der Waals surface area contributed by atoms with Gasteiger partial charge in [0.1, 0.15) is 0 Å². The van der Waals surface area contributed by atoms with Gasteiger partial charge in [0.05, 0.1) is 11.9 Å². The van der Waals surface area contributed by atoms with Crippen LogP contribution < -0.4 is 11.2 Å². The van der Waals surface area contributed by atoms with Gasteiger partial charge in [0.2, 0.25) is 10.0 Å². The fourth-order valence-corrected chi connectivity index (χ4v) is 3.04. The molecule has 0 unspecified atom stereocenters. The second-order valence-corrected chi connectivity index (χ2v) is 6.05. The van der Waals surface area contributed by atoms with Gasteiger partial charge in [-0.15, -0.1) is 0 Å². The van der Waals surface area contributed by atoms with Gasteiger partial charge < -0.3 is 0 Å². The van der Waals surface area contributed by atoms with E-state index in [4.69, 9.17) is 5.41 Å². The third kappa shape index (κ3) is 2.55. The van der Waals surface area contributed by atoms with E-state index in [-0.39, 0.29) is 0 Å². The average molecular weight is 297 g/mol. The smallest absolute Gasteiger partial charge is 0.282 e. The summed E-state index contributed by atoms with van der Waals surface area (Å²) >= 11 is 0. The second-order valence-electron chi connectivity index (χ2n) is 4.20. The van der Waals surface area contributed by atoms with Crippen molar-refractivity contribution in [2.24, 2.45) is 7.05 Å². The Balaban J connectivity index is 2.57. The molecule has 0 radical (unpaired) electrons. The van der Waals surface area contributed by atoms with Crippen molar-refractivity contribution in [2.75, 3.05) is 0 Å². The van der Waals surface area contributed by atoms with Gasteiger partial charge in [-0.1, -0.05) is 30.3 Å². The van der Waals surface area contributed by atoms with E-state index in [1.165, 1.54) is 0 Å². The maximum Gasteiger partial charge on any atom is 0.343 e. The minimum atomic E-state index is -4.05. The van der Waals surface area contributed by atoms with Crippen molar-refractivity contribution in [3.05, 3.63) is 63.9 Å². The molecule has 0 aliphatic rings. The van der Waals surface area contributed by atoms with Gasteiger partial charge in [0.15, 0.2) is 11.3 Å². The third-order valence-corrected chi connectivity index (χ3v) is 4.32. The van der Waals surface area contributed by atoms with Crippen LogP contribution in [-0.4, -0.2) is 17.0 Å². The third-order valence-electron chi connectivity index (χ3n) is 2.76. The van der Waals surface area contributed by atoms with Crippen LogP contribution in [0.25, 0.3) is 0 Å². The number of nitrogens with zero attached hydrogens (tertiary/aromatic N) is 2. The van der Waals surface area contributed by atoms with Crippen molar-refractivity contribution in [2.45, 2.75) is 5.75 Å². The van der Waals surface area contributed by atoms with E-state index >= 15 is 0 Å². The van der Waals surface area contributed by atoms with Gasteiger partial charge in [-0.3, -0.25) is 9.98 Å². The first kappa shape index (κ1) is 14.2. The maximum absolute atomic E-state index is 13.5. The molecule has 0 saturated carbocycles. The van der Waals surface area contributed by atoms with Crippen LogP contribution >= 0.6 is 0 Å². The Morgan fingerprint density at radius 1 is 1.25 bits per heavy atom. The van der Waals surface area contributed by atoms with Crippen LogP contribution in [0.4, 0.5) is 4.39 Å². The van der Waals surface area contributed by atoms with Gasteiger partial charge in [0, 0.05) is 7.05 Å². The molecule has 2 rings (SSSR count). The van der Waals surface area contributed by atoms with Gasteiger partial charge in [-0.2, -0.15) is 3.97 Å². The molecule has 6 nitrogen and oxygen atoms in total. The van der Waals surface area contributed by atoms with Gasteiger partial charge >= 0.3 is 5.69 Å². The minimum absolute atomic E-state index is 0.327. The van der Waals surface area contributed by atoms with E-state index in [9.17, 15) is 17.6 Å². The summed E-state index contributed by atoms with van der Waals surface area (Å²) in [6, 6.07) is 8.26. The Labute approximate surface area is 114 Å². The zero-order valence-corrected chi connectivity index (χ0v) is 11.4. The molecule has 0 saturated heterocycles. The molecule has 1 heterocycles. The van der Waals surface area contributed by atoms with Crippen molar-refractivity contribution < 1.29 is 12.8 Å². The molecule has 0 bridgehead atoms. The van der Waals surface area contributed by atoms with E-state index in [0.29, 0.717) is 20.3 Å². The van der Waals surface area contributed by atoms with Crippen LogP contribution in [0, 0.1) is 11.2 Å². The first-order chi connectivity index (χ1) is 9.33. The normalized spacial score (nSPS) is 11.5. The number of nitrogens with one attached hydrogen (secondary N) is 1. The second kappa shape index (κ2) is 5.04. The lowest BCUT2D eigenvalue weighted by Gasteiger charge is -2.09. The molecular weight excluding hydrogens is 285 g/mol. The summed E-state index contributed by atoms with van der Waals surface area (Å²) in [6.07, 6.45) is 0.531. The molecule has 0 aliphatic heterocycles. The molecule has 1 aromatic heterocycles. The predicted molar refractivity (Wildman–Crippen MR) is 69.9 cm³/mol. The molecule has 0 atom stereocenters. The maximum atomic E-state index is 13.5. The first-order valence-corrected chi connectivity index (χ1v) is 7.24. The number of hydrogen-bond acceptors (Lipinski definition) is 4. The summed E-state index contributed by atoms with van der Waals surface area (Å²) in [7, 11) is -2.90. The van der Waals surface area contributed by atoms with Crippen LogP contribution in [0.1, 0.15) is 5.56 Å². The zero-order valence-electron chi connectivity index (χ0n) is 10.6. The van der Waals surface area contributed by atoms with Crippen LogP contribution in [0.15, 0.2) is 41.3 Å². The van der Waals surface area contributed by atoms with E-state index in [0.717, 1.165) is 7.05 Å². The average Bonchev–Trinajstić information content (AvgIpc) is 2.41. The summed E-state index contributed by atoms with van der Waals surface area (Å²) in [5, 5.41) is 7.29. The lowest BCUT2D eigenvalue weighted by molar-refractivity contribution is 0.534. The molecule has 106 valence electrons. The Kier molecular flexibility index (Phi) is 3.58. The van der Waals surface area contributed by atoms with Gasteiger partial charge in [-0.05, 0) is 5.56 Å². The van der Waals surface area contributed by atoms with E-state index < -0.39 is 32.8 Å². The first-order valence-electron chi connectivity index (χ1n) is 5.63. The molecule has 2 aromatic rings. The van der Waals surface area contributed by atoms with Crippen LogP contribution in [0.5, 0.6) is 0 Å². The number of halogens is 1. The van der Waals surface area contributed by atoms with E-state index in [1.54, 1.807) is 30.3 Å². The summed E-state index contributed by atoms with van der Waals surface area (Å²) in [6.45, 7) is 0. The summed E-state index contributed by atoms with van der Waals surface area (Å²) in [5.41, 5.74) is -1.16. The highest BCUT2D eigenvalue weighted by Gasteiger charge is 2.19. The highest BCUT2D eigenvalue weighted by atomic mass is 32.2. The predicted octanol–water partition coefficient (Wildman–Crippen LogP) is 0.183. The van der Waals surface area contributed by atoms with E-state index in [2.05, 4.69) is 0 Å². The molecule has 0 aliphatic carbocycles. The summed E-state index contributed by atoms with van der Waals surface area (Å²) in [4.78, 5) is 11.8.